The normalized spacial score (nSPS) is 13.4. The lowest BCUT2D eigenvalue weighted by molar-refractivity contribution is -0.137. The monoisotopic (exact) mass is 408 g/mol. The molecule has 0 spiro atoms. The highest BCUT2D eigenvalue weighted by Gasteiger charge is 2.27. The molecule has 0 radical (unpaired) electrons. The van der Waals surface area contributed by atoms with Gasteiger partial charge in [-0.3, -0.25) is 0 Å². The number of esters is 1. The Morgan fingerprint density at radius 3 is 2.03 bits per heavy atom. The molecule has 1 atom stereocenters. The topological polar surface area (TPSA) is 46.5 Å². The quantitative estimate of drug-likeness (QED) is 0.425. The first-order valence-electron chi connectivity index (χ1n) is 10.7. The third-order valence-electron chi connectivity index (χ3n) is 5.32. The highest BCUT2D eigenvalue weighted by molar-refractivity contribution is 5.87. The van der Waals surface area contributed by atoms with Gasteiger partial charge in [0, 0.05) is 6.08 Å². The van der Waals surface area contributed by atoms with Gasteiger partial charge < -0.3 is 9.84 Å². The van der Waals surface area contributed by atoms with Gasteiger partial charge in [-0.25, -0.2) is 4.79 Å². The van der Waals surface area contributed by atoms with E-state index in [1.54, 1.807) is 6.08 Å². The standard InChI is InChI=1S/C27H36O3/c1-19(15-16-30-24(28)14-13-20-11-9-8-10-12-20)21-17-22(26(2,3)4)25(29)23(18-21)27(5,6)7/h8-14,17-19,29H,15-16H2,1-7H3. The summed E-state index contributed by atoms with van der Waals surface area (Å²) in [5, 5.41) is 10.9. The maximum atomic E-state index is 12.0. The highest BCUT2D eigenvalue weighted by Crippen LogP contribution is 2.41. The van der Waals surface area contributed by atoms with Crippen molar-refractivity contribution >= 4 is 12.0 Å². The lowest BCUT2D eigenvalue weighted by Gasteiger charge is -2.29. The molecule has 1 unspecified atom stereocenters. The second kappa shape index (κ2) is 9.51. The maximum absolute atomic E-state index is 12.0. The van der Waals surface area contributed by atoms with Crippen LogP contribution in [-0.4, -0.2) is 17.7 Å². The number of phenols is 1. The Labute approximate surface area is 181 Å². The van der Waals surface area contributed by atoms with Crippen LogP contribution in [0.25, 0.3) is 6.08 Å². The van der Waals surface area contributed by atoms with E-state index in [2.05, 4.69) is 60.6 Å². The van der Waals surface area contributed by atoms with Crippen molar-refractivity contribution in [1.29, 1.82) is 0 Å². The van der Waals surface area contributed by atoms with E-state index in [0.717, 1.165) is 23.1 Å². The van der Waals surface area contributed by atoms with Crippen molar-refractivity contribution in [2.75, 3.05) is 6.61 Å². The highest BCUT2D eigenvalue weighted by atomic mass is 16.5. The van der Waals surface area contributed by atoms with Gasteiger partial charge in [-0.1, -0.05) is 90.9 Å². The van der Waals surface area contributed by atoms with Crippen molar-refractivity contribution < 1.29 is 14.6 Å². The van der Waals surface area contributed by atoms with E-state index >= 15 is 0 Å². The summed E-state index contributed by atoms with van der Waals surface area (Å²) in [4.78, 5) is 12.0. The van der Waals surface area contributed by atoms with Crippen LogP contribution in [0, 0.1) is 0 Å². The van der Waals surface area contributed by atoms with E-state index in [-0.39, 0.29) is 22.7 Å². The Morgan fingerprint density at radius 1 is 1.00 bits per heavy atom. The molecular formula is C27H36O3. The number of phenolic OH excluding ortho intramolecular Hbond substituents is 1. The molecule has 2 aromatic rings. The molecule has 0 saturated heterocycles. The first-order valence-corrected chi connectivity index (χ1v) is 10.7. The Hall–Kier alpha value is -2.55. The summed E-state index contributed by atoms with van der Waals surface area (Å²) in [7, 11) is 0. The Bertz CT molecular complexity index is 846. The van der Waals surface area contributed by atoms with Gasteiger partial charge in [0.15, 0.2) is 0 Å². The maximum Gasteiger partial charge on any atom is 0.330 e. The van der Waals surface area contributed by atoms with E-state index in [9.17, 15) is 9.90 Å². The molecule has 2 rings (SSSR count). The van der Waals surface area contributed by atoms with Gasteiger partial charge in [0.25, 0.3) is 0 Å². The van der Waals surface area contributed by atoms with Gasteiger partial charge in [0.1, 0.15) is 5.75 Å². The van der Waals surface area contributed by atoms with Crippen LogP contribution in [0.4, 0.5) is 0 Å². The number of ether oxygens (including phenoxy) is 1. The van der Waals surface area contributed by atoms with Crippen molar-refractivity contribution in [2.45, 2.75) is 71.6 Å². The molecule has 0 aliphatic carbocycles. The van der Waals surface area contributed by atoms with Gasteiger partial charge in [-0.05, 0) is 51.5 Å². The van der Waals surface area contributed by atoms with Gasteiger partial charge in [0.05, 0.1) is 6.61 Å². The van der Waals surface area contributed by atoms with Crippen LogP contribution in [0.15, 0.2) is 48.5 Å². The molecule has 0 aliphatic rings. The van der Waals surface area contributed by atoms with E-state index < -0.39 is 0 Å². The predicted molar refractivity (Wildman–Crippen MR) is 125 cm³/mol. The smallest absolute Gasteiger partial charge is 0.330 e. The summed E-state index contributed by atoms with van der Waals surface area (Å²) in [5.41, 5.74) is 3.73. The molecule has 30 heavy (non-hydrogen) atoms. The molecule has 3 nitrogen and oxygen atoms in total. The molecule has 162 valence electrons. The number of carbonyl (C=O) groups is 1. The fourth-order valence-electron chi connectivity index (χ4n) is 3.36. The average Bonchev–Trinajstić information content (AvgIpc) is 2.65. The van der Waals surface area contributed by atoms with E-state index in [0.29, 0.717) is 12.4 Å². The zero-order valence-electron chi connectivity index (χ0n) is 19.5. The molecule has 0 amide bonds. The number of benzene rings is 2. The SMILES string of the molecule is CC(CCOC(=O)C=Cc1ccccc1)c1cc(C(C)(C)C)c(O)c(C(C)(C)C)c1. The van der Waals surface area contributed by atoms with Crippen LogP contribution in [-0.2, 0) is 20.4 Å². The van der Waals surface area contributed by atoms with Crippen LogP contribution in [0.2, 0.25) is 0 Å². The van der Waals surface area contributed by atoms with Crippen molar-refractivity contribution in [3.05, 3.63) is 70.8 Å². The fraction of sp³-hybridized carbons (Fsp3) is 0.444. The lowest BCUT2D eigenvalue weighted by Crippen LogP contribution is -2.18. The van der Waals surface area contributed by atoms with Gasteiger partial charge in [-0.15, -0.1) is 0 Å². The first-order chi connectivity index (χ1) is 13.9. The summed E-state index contributed by atoms with van der Waals surface area (Å²) in [6.07, 6.45) is 3.95. The van der Waals surface area contributed by atoms with E-state index in [1.165, 1.54) is 11.6 Å². The van der Waals surface area contributed by atoms with Gasteiger partial charge in [0.2, 0.25) is 0 Å². The zero-order valence-corrected chi connectivity index (χ0v) is 19.5. The lowest BCUT2D eigenvalue weighted by atomic mass is 9.77. The average molecular weight is 409 g/mol. The van der Waals surface area contributed by atoms with Crippen LogP contribution >= 0.6 is 0 Å². The largest absolute Gasteiger partial charge is 0.507 e. The van der Waals surface area contributed by atoms with Crippen molar-refractivity contribution in [2.24, 2.45) is 0 Å². The van der Waals surface area contributed by atoms with Crippen molar-refractivity contribution in [3.63, 3.8) is 0 Å². The number of carbonyl (C=O) groups excluding carboxylic acids is 1. The number of aromatic hydroxyl groups is 1. The fourth-order valence-corrected chi connectivity index (χ4v) is 3.36. The second-order valence-electron chi connectivity index (χ2n) is 10.1. The third kappa shape index (κ3) is 6.48. The minimum Gasteiger partial charge on any atom is -0.507 e. The van der Waals surface area contributed by atoms with Crippen LogP contribution in [0.1, 0.15) is 83.1 Å². The van der Waals surface area contributed by atoms with Crippen molar-refractivity contribution in [1.82, 2.24) is 0 Å². The Balaban J connectivity index is 2.08. The molecule has 2 aromatic carbocycles. The van der Waals surface area contributed by atoms with E-state index in [4.69, 9.17) is 4.74 Å². The molecular weight excluding hydrogens is 372 g/mol. The van der Waals surface area contributed by atoms with Crippen molar-refractivity contribution in [3.8, 4) is 5.75 Å². The Kier molecular flexibility index (Phi) is 7.52. The molecule has 3 heteroatoms. The summed E-state index contributed by atoms with van der Waals surface area (Å²) < 4.78 is 5.40. The molecule has 0 heterocycles. The minimum atomic E-state index is -0.331. The molecule has 0 fully saturated rings. The van der Waals surface area contributed by atoms with Gasteiger partial charge >= 0.3 is 5.97 Å². The second-order valence-corrected chi connectivity index (χ2v) is 10.1. The molecule has 0 saturated carbocycles. The zero-order chi connectivity index (χ0) is 22.5. The van der Waals surface area contributed by atoms with Gasteiger partial charge in [-0.2, -0.15) is 0 Å². The molecule has 0 aromatic heterocycles. The summed E-state index contributed by atoms with van der Waals surface area (Å²) >= 11 is 0. The summed E-state index contributed by atoms with van der Waals surface area (Å²) in [5.74, 6) is 0.268. The number of rotatable bonds is 6. The molecule has 1 N–H and O–H groups in total. The summed E-state index contributed by atoms with van der Waals surface area (Å²) in [6, 6.07) is 13.9. The van der Waals surface area contributed by atoms with Crippen LogP contribution in [0.3, 0.4) is 0 Å². The first kappa shape index (κ1) is 23.7. The Morgan fingerprint density at radius 2 is 1.53 bits per heavy atom. The van der Waals surface area contributed by atoms with E-state index in [1.807, 2.05) is 30.3 Å². The molecule has 0 bridgehead atoms. The third-order valence-corrected chi connectivity index (χ3v) is 5.32. The summed E-state index contributed by atoms with van der Waals surface area (Å²) in [6.45, 7) is 15.2. The number of hydrogen-bond donors (Lipinski definition) is 1. The van der Waals surface area contributed by atoms with Crippen LogP contribution in [0.5, 0.6) is 5.75 Å². The number of hydrogen-bond acceptors (Lipinski definition) is 3. The predicted octanol–water partition coefficient (Wildman–Crippen LogP) is 6.74. The molecule has 0 aliphatic heterocycles. The minimum absolute atomic E-state index is 0.158. The van der Waals surface area contributed by atoms with Crippen LogP contribution < -0.4 is 0 Å².